The number of para-hydroxylation sites is 2. The van der Waals surface area contributed by atoms with Crippen LogP contribution in [0.1, 0.15) is 31.7 Å². The molecule has 0 fully saturated rings. The largest absolute Gasteiger partial charge is 0.483 e. The molecule has 0 saturated heterocycles. The third kappa shape index (κ3) is 4.76. The number of benzene rings is 2. The van der Waals surface area contributed by atoms with E-state index in [2.05, 4.69) is 25.2 Å². The lowest BCUT2D eigenvalue weighted by atomic mass is 9.98. The maximum atomic E-state index is 12.2. The molecular formula is C19H23NO2S. The summed E-state index contributed by atoms with van der Waals surface area (Å²) in [6, 6.07) is 15.7. The van der Waals surface area contributed by atoms with Crippen LogP contribution in [-0.2, 0) is 4.79 Å². The Morgan fingerprint density at radius 3 is 2.61 bits per heavy atom. The van der Waals surface area contributed by atoms with Crippen molar-refractivity contribution in [3.63, 3.8) is 0 Å². The molecule has 1 N–H and O–H groups in total. The molecule has 0 aliphatic heterocycles. The van der Waals surface area contributed by atoms with Crippen molar-refractivity contribution in [2.24, 2.45) is 0 Å². The van der Waals surface area contributed by atoms with Gasteiger partial charge in [-0.1, -0.05) is 44.2 Å². The normalized spacial score (nSPS) is 11.8. The maximum Gasteiger partial charge on any atom is 0.262 e. The summed E-state index contributed by atoms with van der Waals surface area (Å²) < 4.78 is 5.75. The minimum atomic E-state index is -0.148. The Kier molecular flexibility index (Phi) is 6.53. The third-order valence-corrected chi connectivity index (χ3v) is 4.60. The molecule has 0 saturated carbocycles. The monoisotopic (exact) mass is 329 g/mol. The first-order valence-electron chi connectivity index (χ1n) is 7.80. The number of amides is 1. The van der Waals surface area contributed by atoms with E-state index in [1.54, 1.807) is 11.8 Å². The minimum absolute atomic E-state index is 0.0101. The van der Waals surface area contributed by atoms with Crippen molar-refractivity contribution in [3.05, 3.63) is 54.1 Å². The lowest BCUT2D eigenvalue weighted by Gasteiger charge is -2.16. The van der Waals surface area contributed by atoms with E-state index in [0.717, 1.165) is 28.3 Å². The highest BCUT2D eigenvalue weighted by Gasteiger charge is 2.12. The van der Waals surface area contributed by atoms with Gasteiger partial charge in [-0.15, -0.1) is 11.8 Å². The van der Waals surface area contributed by atoms with Crippen LogP contribution in [0.5, 0.6) is 5.75 Å². The zero-order valence-corrected chi connectivity index (χ0v) is 14.7. The van der Waals surface area contributed by atoms with E-state index >= 15 is 0 Å². The number of anilines is 1. The first kappa shape index (κ1) is 17.4. The highest BCUT2D eigenvalue weighted by molar-refractivity contribution is 7.98. The summed E-state index contributed by atoms with van der Waals surface area (Å²) in [7, 11) is 0. The first-order chi connectivity index (χ1) is 11.2. The van der Waals surface area contributed by atoms with Gasteiger partial charge in [-0.25, -0.2) is 0 Å². The second kappa shape index (κ2) is 8.63. The first-order valence-corrected chi connectivity index (χ1v) is 9.02. The summed E-state index contributed by atoms with van der Waals surface area (Å²) in [5.41, 5.74) is 1.97. The molecule has 0 bridgehead atoms. The molecule has 122 valence electrons. The second-order valence-corrected chi connectivity index (χ2v) is 6.23. The van der Waals surface area contributed by atoms with Gasteiger partial charge < -0.3 is 10.1 Å². The van der Waals surface area contributed by atoms with E-state index in [4.69, 9.17) is 4.74 Å². The average Bonchev–Trinajstić information content (AvgIpc) is 2.60. The van der Waals surface area contributed by atoms with Crippen molar-refractivity contribution >= 4 is 23.4 Å². The molecule has 0 spiro atoms. The smallest absolute Gasteiger partial charge is 0.262 e. The van der Waals surface area contributed by atoms with Crippen LogP contribution in [0.15, 0.2) is 53.4 Å². The molecule has 2 aromatic carbocycles. The SMILES string of the molecule is CCC(C)c1ccccc1OCC(=O)Nc1ccccc1SC. The van der Waals surface area contributed by atoms with Gasteiger partial charge in [0.1, 0.15) is 5.75 Å². The van der Waals surface area contributed by atoms with Gasteiger partial charge in [0.25, 0.3) is 5.91 Å². The fourth-order valence-electron chi connectivity index (χ4n) is 2.32. The second-order valence-electron chi connectivity index (χ2n) is 5.38. The number of carbonyl (C=O) groups is 1. The van der Waals surface area contributed by atoms with Crippen LogP contribution in [0.2, 0.25) is 0 Å². The lowest BCUT2D eigenvalue weighted by Crippen LogP contribution is -2.21. The van der Waals surface area contributed by atoms with Gasteiger partial charge in [-0.05, 0) is 42.4 Å². The standard InChI is InChI=1S/C19H23NO2S/c1-4-14(2)15-9-5-7-11-17(15)22-13-19(21)20-16-10-6-8-12-18(16)23-3/h5-12,14H,4,13H2,1-3H3,(H,20,21). The highest BCUT2D eigenvalue weighted by Crippen LogP contribution is 2.28. The van der Waals surface area contributed by atoms with E-state index < -0.39 is 0 Å². The quantitative estimate of drug-likeness (QED) is 0.731. The number of ether oxygens (including phenoxy) is 1. The van der Waals surface area contributed by atoms with E-state index in [-0.39, 0.29) is 12.5 Å². The molecule has 1 atom stereocenters. The summed E-state index contributed by atoms with van der Waals surface area (Å²) in [5.74, 6) is 1.05. The molecule has 0 heterocycles. The Labute approximate surface area is 142 Å². The minimum Gasteiger partial charge on any atom is -0.483 e. The molecule has 0 aromatic heterocycles. The number of nitrogens with one attached hydrogen (secondary N) is 1. The molecule has 2 rings (SSSR count). The van der Waals surface area contributed by atoms with Crippen LogP contribution in [0.25, 0.3) is 0 Å². The van der Waals surface area contributed by atoms with E-state index in [9.17, 15) is 4.79 Å². The fourth-order valence-corrected chi connectivity index (χ4v) is 2.87. The number of rotatable bonds is 7. The third-order valence-electron chi connectivity index (χ3n) is 3.80. The van der Waals surface area contributed by atoms with Crippen LogP contribution < -0.4 is 10.1 Å². The summed E-state index contributed by atoms with van der Waals surface area (Å²) in [5, 5.41) is 2.91. The van der Waals surface area contributed by atoms with Crippen LogP contribution in [0.4, 0.5) is 5.69 Å². The Hall–Kier alpha value is -1.94. The highest BCUT2D eigenvalue weighted by atomic mass is 32.2. The topological polar surface area (TPSA) is 38.3 Å². The Balaban J connectivity index is 2.00. The van der Waals surface area contributed by atoms with E-state index in [1.165, 1.54) is 0 Å². The van der Waals surface area contributed by atoms with Crippen LogP contribution in [0.3, 0.4) is 0 Å². The lowest BCUT2D eigenvalue weighted by molar-refractivity contribution is -0.118. The predicted octanol–water partition coefficient (Wildman–Crippen LogP) is 4.94. The summed E-state index contributed by atoms with van der Waals surface area (Å²) >= 11 is 1.61. The van der Waals surface area contributed by atoms with Crippen LogP contribution in [0, 0.1) is 0 Å². The predicted molar refractivity (Wildman–Crippen MR) is 97.5 cm³/mol. The van der Waals surface area contributed by atoms with Gasteiger partial charge in [0.05, 0.1) is 5.69 Å². The molecule has 4 heteroatoms. The maximum absolute atomic E-state index is 12.2. The molecule has 0 aliphatic carbocycles. The molecule has 1 unspecified atom stereocenters. The van der Waals surface area contributed by atoms with Gasteiger partial charge in [0.2, 0.25) is 0 Å². The average molecular weight is 329 g/mol. The van der Waals surface area contributed by atoms with E-state index in [0.29, 0.717) is 5.92 Å². The van der Waals surface area contributed by atoms with Crippen LogP contribution >= 0.6 is 11.8 Å². The van der Waals surface area contributed by atoms with Gasteiger partial charge in [0.15, 0.2) is 6.61 Å². The fraction of sp³-hybridized carbons (Fsp3) is 0.316. The zero-order valence-electron chi connectivity index (χ0n) is 13.8. The van der Waals surface area contributed by atoms with Crippen molar-refractivity contribution in [2.75, 3.05) is 18.2 Å². The van der Waals surface area contributed by atoms with Crippen molar-refractivity contribution in [1.29, 1.82) is 0 Å². The molecule has 0 aliphatic rings. The Morgan fingerprint density at radius 2 is 1.87 bits per heavy atom. The van der Waals surface area contributed by atoms with Crippen molar-refractivity contribution in [2.45, 2.75) is 31.1 Å². The summed E-state index contributed by atoms with van der Waals surface area (Å²) in [4.78, 5) is 13.2. The molecule has 0 radical (unpaired) electrons. The molecule has 1 amide bonds. The number of thioether (sulfide) groups is 1. The van der Waals surface area contributed by atoms with Gasteiger partial charge in [-0.3, -0.25) is 4.79 Å². The molecular weight excluding hydrogens is 306 g/mol. The van der Waals surface area contributed by atoms with Crippen molar-refractivity contribution in [3.8, 4) is 5.75 Å². The number of carbonyl (C=O) groups excluding carboxylic acids is 1. The van der Waals surface area contributed by atoms with Gasteiger partial charge >= 0.3 is 0 Å². The molecule has 2 aromatic rings. The summed E-state index contributed by atoms with van der Waals surface area (Å²) in [6.07, 6.45) is 3.03. The van der Waals surface area contributed by atoms with Crippen LogP contribution in [-0.4, -0.2) is 18.8 Å². The van der Waals surface area contributed by atoms with Crippen molar-refractivity contribution < 1.29 is 9.53 Å². The number of hydrogen-bond donors (Lipinski definition) is 1. The van der Waals surface area contributed by atoms with E-state index in [1.807, 2.05) is 48.7 Å². The van der Waals surface area contributed by atoms with Crippen molar-refractivity contribution in [1.82, 2.24) is 0 Å². The Bertz CT molecular complexity index is 657. The van der Waals surface area contributed by atoms with Gasteiger partial charge in [0, 0.05) is 4.90 Å². The molecule has 3 nitrogen and oxygen atoms in total. The molecule has 23 heavy (non-hydrogen) atoms. The number of hydrogen-bond acceptors (Lipinski definition) is 3. The van der Waals surface area contributed by atoms with Gasteiger partial charge in [-0.2, -0.15) is 0 Å². The summed E-state index contributed by atoms with van der Waals surface area (Å²) in [6.45, 7) is 4.32. The Morgan fingerprint density at radius 1 is 1.17 bits per heavy atom. The zero-order chi connectivity index (χ0) is 16.7.